The Morgan fingerprint density at radius 1 is 1.48 bits per heavy atom. The Labute approximate surface area is 122 Å². The average molecular weight is 322 g/mol. The average Bonchev–Trinajstić information content (AvgIpc) is 2.40. The summed E-state index contributed by atoms with van der Waals surface area (Å²) in [6, 6.07) is -1.25. The first kappa shape index (κ1) is 17.4. The first-order valence-electron chi connectivity index (χ1n) is 6.33. The van der Waals surface area contributed by atoms with Crippen molar-refractivity contribution >= 4 is 27.9 Å². The Balaban J connectivity index is 2.75. The number of hydrogen-bond acceptors (Lipinski definition) is 6. The van der Waals surface area contributed by atoms with E-state index in [0.29, 0.717) is 0 Å². The molecule has 1 heterocycles. The Bertz CT molecular complexity index is 517. The number of ether oxygens (including phenoxy) is 1. The zero-order valence-electron chi connectivity index (χ0n) is 11.6. The van der Waals surface area contributed by atoms with Crippen LogP contribution in [0.4, 0.5) is 0 Å². The third-order valence-electron chi connectivity index (χ3n) is 3.02. The number of rotatable bonds is 7. The highest BCUT2D eigenvalue weighted by molar-refractivity contribution is 7.89. The fourth-order valence-electron chi connectivity index (χ4n) is 2.00. The molecule has 1 aliphatic rings. The molecule has 21 heavy (non-hydrogen) atoms. The van der Waals surface area contributed by atoms with Gasteiger partial charge in [-0.25, -0.2) is 8.42 Å². The largest absolute Gasteiger partial charge is 0.481 e. The van der Waals surface area contributed by atoms with Gasteiger partial charge >= 0.3 is 11.9 Å². The number of nitrogens with zero attached hydrogens (tertiary/aromatic N) is 1. The van der Waals surface area contributed by atoms with E-state index >= 15 is 0 Å². The monoisotopic (exact) mass is 322 g/mol. The number of carboxylic acids is 1. The third kappa shape index (κ3) is 4.97. The topological polar surface area (TPSA) is 130 Å². The van der Waals surface area contributed by atoms with Crippen molar-refractivity contribution in [1.29, 1.82) is 0 Å². The van der Waals surface area contributed by atoms with Crippen LogP contribution < -0.4 is 5.32 Å². The first-order chi connectivity index (χ1) is 9.77. The second-order valence-electron chi connectivity index (χ2n) is 4.51. The number of amides is 1. The molecule has 1 fully saturated rings. The lowest BCUT2D eigenvalue weighted by Crippen LogP contribution is -2.58. The van der Waals surface area contributed by atoms with Gasteiger partial charge in [-0.05, 0) is 6.42 Å². The van der Waals surface area contributed by atoms with Crippen LogP contribution in [0, 0.1) is 0 Å². The molecule has 0 aliphatic carbocycles. The predicted octanol–water partition coefficient (Wildman–Crippen LogP) is -1.46. The summed E-state index contributed by atoms with van der Waals surface area (Å²) in [6.45, 7) is 0.148. The van der Waals surface area contributed by atoms with Gasteiger partial charge < -0.3 is 15.2 Å². The zero-order chi connectivity index (χ0) is 16.0. The minimum absolute atomic E-state index is 0.0181. The highest BCUT2D eigenvalue weighted by Crippen LogP contribution is 2.16. The number of aliphatic carboxylic acids is 1. The molecule has 1 saturated heterocycles. The fourth-order valence-corrected chi connectivity index (χ4v) is 3.68. The van der Waals surface area contributed by atoms with Gasteiger partial charge in [0.25, 0.3) is 0 Å². The molecule has 1 aliphatic heterocycles. The molecule has 1 amide bonds. The van der Waals surface area contributed by atoms with Crippen LogP contribution in [-0.2, 0) is 29.1 Å². The molecule has 2 N–H and O–H groups in total. The summed E-state index contributed by atoms with van der Waals surface area (Å²) in [5.74, 6) is -2.75. The number of sulfonamides is 1. The van der Waals surface area contributed by atoms with E-state index < -0.39 is 40.3 Å². The highest BCUT2D eigenvalue weighted by atomic mass is 32.2. The number of carbonyl (C=O) groups is 3. The Morgan fingerprint density at radius 2 is 2.14 bits per heavy atom. The summed E-state index contributed by atoms with van der Waals surface area (Å²) in [5.41, 5.74) is 0. The minimum atomic E-state index is -3.81. The van der Waals surface area contributed by atoms with Gasteiger partial charge in [0.2, 0.25) is 15.9 Å². The maximum absolute atomic E-state index is 12.2. The zero-order valence-corrected chi connectivity index (χ0v) is 12.4. The Morgan fingerprint density at radius 3 is 2.71 bits per heavy atom. The lowest BCUT2D eigenvalue weighted by atomic mass is 10.1. The molecule has 1 rings (SSSR count). The summed E-state index contributed by atoms with van der Waals surface area (Å²) in [6.07, 6.45) is -0.603. The molecule has 0 spiro atoms. The summed E-state index contributed by atoms with van der Waals surface area (Å²) in [5, 5.41) is 11.2. The van der Waals surface area contributed by atoms with Crippen LogP contribution in [0.2, 0.25) is 0 Å². The molecule has 0 aromatic heterocycles. The maximum Gasteiger partial charge on any atom is 0.305 e. The van der Waals surface area contributed by atoms with E-state index in [-0.39, 0.29) is 31.7 Å². The van der Waals surface area contributed by atoms with Gasteiger partial charge in [-0.3, -0.25) is 14.4 Å². The Hall–Kier alpha value is -1.68. The van der Waals surface area contributed by atoms with E-state index in [0.717, 1.165) is 4.31 Å². The SMILES string of the molecule is COC(=O)CCCS(=O)(=O)N1CCNC(=O)C1CC(=O)O. The van der Waals surface area contributed by atoms with Crippen LogP contribution in [-0.4, -0.2) is 67.7 Å². The quantitative estimate of drug-likeness (QED) is 0.548. The molecule has 1 unspecified atom stereocenters. The molecule has 1 atom stereocenters. The number of nitrogens with one attached hydrogen (secondary N) is 1. The van der Waals surface area contributed by atoms with Crippen molar-refractivity contribution < 1.29 is 32.6 Å². The summed E-state index contributed by atoms with van der Waals surface area (Å²) in [7, 11) is -2.61. The van der Waals surface area contributed by atoms with E-state index in [1.807, 2.05) is 0 Å². The van der Waals surface area contributed by atoms with Gasteiger partial charge in [0.15, 0.2) is 0 Å². The molecule has 0 aromatic carbocycles. The van der Waals surface area contributed by atoms with Crippen molar-refractivity contribution in [3.8, 4) is 0 Å². The van der Waals surface area contributed by atoms with Crippen molar-refractivity contribution in [3.05, 3.63) is 0 Å². The van der Waals surface area contributed by atoms with Crippen molar-refractivity contribution in [1.82, 2.24) is 9.62 Å². The molecule has 9 nitrogen and oxygen atoms in total. The van der Waals surface area contributed by atoms with Gasteiger partial charge in [0.1, 0.15) is 6.04 Å². The molecule has 0 radical (unpaired) electrons. The van der Waals surface area contributed by atoms with Crippen molar-refractivity contribution in [2.45, 2.75) is 25.3 Å². The molecule has 0 aromatic rings. The summed E-state index contributed by atoms with van der Waals surface area (Å²) in [4.78, 5) is 33.4. The predicted molar refractivity (Wildman–Crippen MR) is 70.8 cm³/mol. The first-order valence-corrected chi connectivity index (χ1v) is 7.94. The van der Waals surface area contributed by atoms with Crippen LogP contribution in [0.5, 0.6) is 0 Å². The molecule has 0 saturated carbocycles. The van der Waals surface area contributed by atoms with Crippen LogP contribution >= 0.6 is 0 Å². The van der Waals surface area contributed by atoms with Gasteiger partial charge in [0.05, 0.1) is 19.3 Å². The highest BCUT2D eigenvalue weighted by Gasteiger charge is 2.38. The second-order valence-corrected chi connectivity index (χ2v) is 6.55. The number of piperazine rings is 1. The Kier molecular flexibility index (Phi) is 6.09. The van der Waals surface area contributed by atoms with Crippen LogP contribution in [0.1, 0.15) is 19.3 Å². The maximum atomic E-state index is 12.2. The normalized spacial score (nSPS) is 19.9. The minimum Gasteiger partial charge on any atom is -0.481 e. The molecule has 120 valence electrons. The number of hydrogen-bond donors (Lipinski definition) is 2. The van der Waals surface area contributed by atoms with Gasteiger partial charge in [0, 0.05) is 19.5 Å². The third-order valence-corrected chi connectivity index (χ3v) is 4.97. The second kappa shape index (κ2) is 7.36. The van der Waals surface area contributed by atoms with E-state index in [1.165, 1.54) is 7.11 Å². The molecule has 0 bridgehead atoms. The number of carboxylic acid groups (broad SMARTS) is 1. The standard InChI is InChI=1S/C11H18N2O7S/c1-20-10(16)3-2-6-21(18,19)13-5-4-12-11(17)8(13)7-9(14)15/h8H,2-7H2,1H3,(H,12,17)(H,14,15). The van der Waals surface area contributed by atoms with Gasteiger partial charge in [-0.2, -0.15) is 4.31 Å². The number of methoxy groups -OCH3 is 1. The van der Waals surface area contributed by atoms with E-state index in [9.17, 15) is 22.8 Å². The van der Waals surface area contributed by atoms with E-state index in [4.69, 9.17) is 5.11 Å². The van der Waals surface area contributed by atoms with Crippen molar-refractivity contribution in [2.24, 2.45) is 0 Å². The lowest BCUT2D eigenvalue weighted by Gasteiger charge is -2.33. The molecular formula is C11H18N2O7S. The number of carbonyl (C=O) groups excluding carboxylic acids is 2. The van der Waals surface area contributed by atoms with Crippen LogP contribution in [0.25, 0.3) is 0 Å². The molecule has 10 heteroatoms. The molecular weight excluding hydrogens is 304 g/mol. The van der Waals surface area contributed by atoms with E-state index in [2.05, 4.69) is 10.1 Å². The smallest absolute Gasteiger partial charge is 0.305 e. The van der Waals surface area contributed by atoms with Gasteiger partial charge in [-0.1, -0.05) is 0 Å². The summed E-state index contributed by atoms with van der Waals surface area (Å²) < 4.78 is 29.7. The lowest BCUT2D eigenvalue weighted by molar-refractivity contribution is -0.141. The van der Waals surface area contributed by atoms with Crippen molar-refractivity contribution in [3.63, 3.8) is 0 Å². The summed E-state index contributed by atoms with van der Waals surface area (Å²) >= 11 is 0. The van der Waals surface area contributed by atoms with Crippen LogP contribution in [0.3, 0.4) is 0 Å². The fraction of sp³-hybridized carbons (Fsp3) is 0.727. The van der Waals surface area contributed by atoms with Gasteiger partial charge in [-0.15, -0.1) is 0 Å². The van der Waals surface area contributed by atoms with E-state index in [1.54, 1.807) is 0 Å². The number of esters is 1. The van der Waals surface area contributed by atoms with Crippen LogP contribution in [0.15, 0.2) is 0 Å². The van der Waals surface area contributed by atoms with Crippen molar-refractivity contribution in [2.75, 3.05) is 26.0 Å².